The highest BCUT2D eigenvalue weighted by molar-refractivity contribution is 6.26. The summed E-state index contributed by atoms with van der Waals surface area (Å²) in [5.41, 5.74) is 10.7. The molecule has 1 aliphatic rings. The SMILES string of the molecule is CC1(C)c2cc3c(cc2-c2ccc4oc5ccccc5c4c21)c1ccccc1n3-c1ccc2c3ccccc3c3ccccc3c2c1. The highest BCUT2D eigenvalue weighted by Gasteiger charge is 2.39. The van der Waals surface area contributed by atoms with E-state index in [1.54, 1.807) is 0 Å². The molecule has 2 nitrogen and oxygen atoms in total. The van der Waals surface area contributed by atoms with Crippen molar-refractivity contribution < 1.29 is 4.42 Å². The van der Waals surface area contributed by atoms with Crippen molar-refractivity contribution in [3.05, 3.63) is 151 Å². The average molecular weight is 600 g/mol. The molecule has 0 atom stereocenters. The van der Waals surface area contributed by atoms with Crippen LogP contribution < -0.4 is 0 Å². The summed E-state index contributed by atoms with van der Waals surface area (Å²) in [5.74, 6) is 0. The molecule has 0 N–H and O–H groups in total. The molecule has 11 rings (SSSR count). The summed E-state index contributed by atoms with van der Waals surface area (Å²) < 4.78 is 8.84. The molecule has 0 unspecified atom stereocenters. The van der Waals surface area contributed by atoms with Crippen LogP contribution in [0.2, 0.25) is 0 Å². The Bertz CT molecular complexity index is 2950. The van der Waals surface area contributed by atoms with E-state index in [9.17, 15) is 0 Å². The maximum absolute atomic E-state index is 6.36. The Hall–Kier alpha value is -5.86. The minimum atomic E-state index is -0.204. The van der Waals surface area contributed by atoms with Crippen molar-refractivity contribution >= 4 is 76.1 Å². The number of rotatable bonds is 1. The number of para-hydroxylation sites is 2. The quantitative estimate of drug-likeness (QED) is 0.172. The van der Waals surface area contributed by atoms with Crippen molar-refractivity contribution in [2.75, 3.05) is 0 Å². The Morgan fingerprint density at radius 2 is 1.06 bits per heavy atom. The van der Waals surface area contributed by atoms with Gasteiger partial charge in [-0.1, -0.05) is 111 Å². The molecule has 2 heterocycles. The molecule has 0 saturated carbocycles. The van der Waals surface area contributed by atoms with Crippen LogP contribution in [0.4, 0.5) is 0 Å². The molecular weight excluding hydrogens is 571 g/mol. The van der Waals surface area contributed by atoms with Gasteiger partial charge >= 0.3 is 0 Å². The Kier molecular flexibility index (Phi) is 4.68. The summed E-state index contributed by atoms with van der Waals surface area (Å²) >= 11 is 0. The van der Waals surface area contributed by atoms with Crippen molar-refractivity contribution in [1.29, 1.82) is 0 Å². The summed E-state index contributed by atoms with van der Waals surface area (Å²) in [6.07, 6.45) is 0. The number of benzene rings is 8. The van der Waals surface area contributed by atoms with Gasteiger partial charge in [-0.05, 0) is 97.0 Å². The zero-order valence-corrected chi connectivity index (χ0v) is 26.1. The van der Waals surface area contributed by atoms with Crippen LogP contribution >= 0.6 is 0 Å². The van der Waals surface area contributed by atoms with Crippen LogP contribution in [0.25, 0.3) is 92.9 Å². The summed E-state index contributed by atoms with van der Waals surface area (Å²) in [7, 11) is 0. The molecule has 2 heteroatoms. The van der Waals surface area contributed by atoms with Crippen LogP contribution in [0.3, 0.4) is 0 Å². The fourth-order valence-corrected chi connectivity index (χ4v) is 8.89. The Balaban J connectivity index is 1.23. The topological polar surface area (TPSA) is 18.1 Å². The summed E-state index contributed by atoms with van der Waals surface area (Å²) in [6, 6.07) is 51.4. The average Bonchev–Trinajstić information content (AvgIpc) is 3.72. The van der Waals surface area contributed by atoms with Gasteiger partial charge in [-0.2, -0.15) is 0 Å². The van der Waals surface area contributed by atoms with Crippen LogP contribution in [-0.4, -0.2) is 4.57 Å². The zero-order chi connectivity index (χ0) is 31.0. The second-order valence-electron chi connectivity index (χ2n) is 13.7. The van der Waals surface area contributed by atoms with Gasteiger partial charge < -0.3 is 8.98 Å². The fourth-order valence-electron chi connectivity index (χ4n) is 8.89. The van der Waals surface area contributed by atoms with Crippen molar-refractivity contribution in [3.63, 3.8) is 0 Å². The summed E-state index contributed by atoms with van der Waals surface area (Å²) in [4.78, 5) is 0. The minimum Gasteiger partial charge on any atom is -0.456 e. The third-order valence-corrected chi connectivity index (χ3v) is 10.9. The molecule has 0 amide bonds. The molecule has 0 spiro atoms. The van der Waals surface area contributed by atoms with E-state index in [1.807, 2.05) is 0 Å². The van der Waals surface area contributed by atoms with Crippen molar-refractivity contribution in [3.8, 4) is 16.8 Å². The van der Waals surface area contributed by atoms with E-state index < -0.39 is 0 Å². The molecule has 10 aromatic rings. The standard InChI is InChI=1S/C45H29NO/c1-45(2)38-25-40-37(24-36(38)33-21-22-42-43(44(33)45)34-16-8-10-18-41(34)47-42)32-15-7-9-17-39(32)46(40)26-19-20-31-29-13-4-3-11-27(29)28-12-5-6-14-30(28)35(31)23-26/h3-25H,1-2H3. The Morgan fingerprint density at radius 3 is 1.81 bits per heavy atom. The van der Waals surface area contributed by atoms with Crippen LogP contribution in [0.1, 0.15) is 25.0 Å². The molecule has 0 bridgehead atoms. The highest BCUT2D eigenvalue weighted by atomic mass is 16.3. The van der Waals surface area contributed by atoms with Gasteiger partial charge in [0.05, 0.1) is 11.0 Å². The lowest BCUT2D eigenvalue weighted by Gasteiger charge is -2.22. The predicted octanol–water partition coefficient (Wildman–Crippen LogP) is 12.4. The molecule has 0 fully saturated rings. The number of aromatic nitrogens is 1. The maximum Gasteiger partial charge on any atom is 0.135 e. The van der Waals surface area contributed by atoms with Crippen LogP contribution in [-0.2, 0) is 5.41 Å². The van der Waals surface area contributed by atoms with Crippen molar-refractivity contribution in [2.45, 2.75) is 19.3 Å². The third kappa shape index (κ3) is 3.15. The van der Waals surface area contributed by atoms with Crippen LogP contribution in [0.5, 0.6) is 0 Å². The fraction of sp³-hybridized carbons (Fsp3) is 0.0667. The first-order valence-corrected chi connectivity index (χ1v) is 16.4. The van der Waals surface area contributed by atoms with E-state index in [-0.39, 0.29) is 5.41 Å². The largest absolute Gasteiger partial charge is 0.456 e. The second kappa shape index (κ2) is 8.69. The highest BCUT2D eigenvalue weighted by Crippen LogP contribution is 2.54. The lowest BCUT2D eigenvalue weighted by atomic mass is 9.80. The van der Waals surface area contributed by atoms with Crippen LogP contribution in [0, 0.1) is 0 Å². The maximum atomic E-state index is 6.36. The van der Waals surface area contributed by atoms with Gasteiger partial charge in [-0.15, -0.1) is 0 Å². The molecule has 1 aliphatic carbocycles. The predicted molar refractivity (Wildman–Crippen MR) is 198 cm³/mol. The first-order chi connectivity index (χ1) is 23.1. The van der Waals surface area contributed by atoms with Crippen molar-refractivity contribution in [1.82, 2.24) is 4.57 Å². The molecule has 220 valence electrons. The number of furan rings is 1. The lowest BCUT2D eigenvalue weighted by Crippen LogP contribution is -2.15. The Labute approximate surface area is 271 Å². The van der Waals surface area contributed by atoms with E-state index in [0.29, 0.717) is 0 Å². The van der Waals surface area contributed by atoms with Gasteiger partial charge in [0.2, 0.25) is 0 Å². The Morgan fingerprint density at radius 1 is 0.447 bits per heavy atom. The van der Waals surface area contributed by atoms with E-state index in [2.05, 4.69) is 158 Å². The molecule has 0 radical (unpaired) electrons. The first-order valence-electron chi connectivity index (χ1n) is 16.4. The molecular formula is C45H29NO. The van der Waals surface area contributed by atoms with Gasteiger partial charge in [-0.3, -0.25) is 0 Å². The molecule has 0 saturated heterocycles. The van der Waals surface area contributed by atoms with E-state index in [4.69, 9.17) is 4.42 Å². The second-order valence-corrected chi connectivity index (χ2v) is 13.7. The summed E-state index contributed by atoms with van der Waals surface area (Å²) in [5, 5.41) is 12.7. The first kappa shape index (κ1) is 25.3. The summed E-state index contributed by atoms with van der Waals surface area (Å²) in [6.45, 7) is 4.76. The van der Waals surface area contributed by atoms with Gasteiger partial charge in [0.25, 0.3) is 0 Å². The number of hydrogen-bond donors (Lipinski definition) is 0. The van der Waals surface area contributed by atoms with Gasteiger partial charge in [0, 0.05) is 32.6 Å². The lowest BCUT2D eigenvalue weighted by molar-refractivity contribution is 0.657. The van der Waals surface area contributed by atoms with Gasteiger partial charge in [0.1, 0.15) is 11.2 Å². The molecule has 47 heavy (non-hydrogen) atoms. The zero-order valence-electron chi connectivity index (χ0n) is 26.1. The van der Waals surface area contributed by atoms with E-state index >= 15 is 0 Å². The number of nitrogens with zero attached hydrogens (tertiary/aromatic N) is 1. The van der Waals surface area contributed by atoms with E-state index in [1.165, 1.54) is 92.8 Å². The van der Waals surface area contributed by atoms with Crippen molar-refractivity contribution in [2.24, 2.45) is 0 Å². The van der Waals surface area contributed by atoms with Gasteiger partial charge in [0.15, 0.2) is 0 Å². The number of hydrogen-bond acceptors (Lipinski definition) is 1. The van der Waals surface area contributed by atoms with Crippen LogP contribution in [0.15, 0.2) is 144 Å². The molecule has 2 aromatic heterocycles. The molecule has 0 aliphatic heterocycles. The van der Waals surface area contributed by atoms with Gasteiger partial charge in [-0.25, -0.2) is 0 Å². The third-order valence-electron chi connectivity index (χ3n) is 10.9. The molecule has 8 aromatic carbocycles. The minimum absolute atomic E-state index is 0.204. The smallest absolute Gasteiger partial charge is 0.135 e. The normalized spacial score (nSPS) is 13.9. The van der Waals surface area contributed by atoms with E-state index in [0.717, 1.165) is 11.2 Å². The number of fused-ring (bicyclic) bond motifs is 16. The monoisotopic (exact) mass is 599 g/mol.